The van der Waals surface area contributed by atoms with E-state index in [9.17, 15) is 17.6 Å². The minimum atomic E-state index is -3.69. The van der Waals surface area contributed by atoms with Crippen LogP contribution in [0.25, 0.3) is 10.8 Å². The first-order chi connectivity index (χ1) is 15.3. The summed E-state index contributed by atoms with van der Waals surface area (Å²) in [6.07, 6.45) is 0.409. The highest BCUT2D eigenvalue weighted by molar-refractivity contribution is 7.89. The molecule has 32 heavy (non-hydrogen) atoms. The van der Waals surface area contributed by atoms with Gasteiger partial charge in [0.05, 0.1) is 10.6 Å². The zero-order chi connectivity index (χ0) is 22.5. The SMILES string of the molecule is O=C1OCc2cc(F)ccc2N1C1CCN(S(=O)(=O)c2ccc3c(Cl)cccc3c2)CC1. The topological polar surface area (TPSA) is 66.9 Å². The van der Waals surface area contributed by atoms with Gasteiger partial charge in [0, 0.05) is 35.1 Å². The number of hydrogen-bond acceptors (Lipinski definition) is 4. The second kappa shape index (κ2) is 8.03. The Morgan fingerprint density at radius 2 is 1.81 bits per heavy atom. The van der Waals surface area contributed by atoms with E-state index < -0.39 is 16.1 Å². The summed E-state index contributed by atoms with van der Waals surface area (Å²) in [6, 6.07) is 14.3. The van der Waals surface area contributed by atoms with Crippen molar-refractivity contribution in [2.45, 2.75) is 30.4 Å². The van der Waals surface area contributed by atoms with Crippen LogP contribution in [0.15, 0.2) is 59.5 Å². The number of piperidine rings is 1. The molecule has 9 heteroatoms. The Kier molecular flexibility index (Phi) is 5.31. The molecule has 0 aromatic heterocycles. The number of rotatable bonds is 3. The smallest absolute Gasteiger partial charge is 0.414 e. The van der Waals surface area contributed by atoms with Gasteiger partial charge in [-0.05, 0) is 54.6 Å². The summed E-state index contributed by atoms with van der Waals surface area (Å²) in [7, 11) is -3.69. The molecule has 0 bridgehead atoms. The van der Waals surface area contributed by atoms with Crippen molar-refractivity contribution in [3.8, 4) is 0 Å². The standard InChI is InChI=1S/C23H20ClFN2O4S/c24-21-3-1-2-15-13-19(5-6-20(15)21)32(29,30)26-10-8-18(9-11-26)27-22-7-4-17(25)12-16(22)14-31-23(27)28/h1-7,12-13,18H,8-11,14H2. The van der Waals surface area contributed by atoms with Crippen LogP contribution in [0.3, 0.4) is 0 Å². The highest BCUT2D eigenvalue weighted by Gasteiger charge is 2.37. The Hall–Kier alpha value is -2.68. The number of carbonyl (C=O) groups excluding carboxylic acids is 1. The van der Waals surface area contributed by atoms with E-state index in [4.69, 9.17) is 16.3 Å². The Morgan fingerprint density at radius 3 is 2.59 bits per heavy atom. The predicted molar refractivity (Wildman–Crippen MR) is 120 cm³/mol. The third-order valence-electron chi connectivity index (χ3n) is 6.07. The van der Waals surface area contributed by atoms with Gasteiger partial charge in [-0.3, -0.25) is 4.90 Å². The normalized spacial score (nSPS) is 17.9. The number of amides is 1. The second-order valence-corrected chi connectivity index (χ2v) is 10.3. The summed E-state index contributed by atoms with van der Waals surface area (Å²) in [5, 5.41) is 2.12. The maximum absolute atomic E-state index is 13.6. The summed E-state index contributed by atoms with van der Waals surface area (Å²) in [5.41, 5.74) is 1.23. The van der Waals surface area contributed by atoms with Gasteiger partial charge in [0.25, 0.3) is 0 Å². The molecule has 0 radical (unpaired) electrons. The molecule has 5 rings (SSSR count). The number of fused-ring (bicyclic) bond motifs is 2. The molecular formula is C23H20ClFN2O4S. The van der Waals surface area contributed by atoms with E-state index >= 15 is 0 Å². The van der Waals surface area contributed by atoms with E-state index in [-0.39, 0.29) is 36.5 Å². The van der Waals surface area contributed by atoms with Crippen LogP contribution in [-0.4, -0.2) is 37.9 Å². The quantitative estimate of drug-likeness (QED) is 0.539. The average Bonchev–Trinajstić information content (AvgIpc) is 2.79. The maximum atomic E-state index is 13.6. The van der Waals surface area contributed by atoms with Crippen LogP contribution in [0.1, 0.15) is 18.4 Å². The summed E-state index contributed by atoms with van der Waals surface area (Å²) < 4.78 is 46.7. The van der Waals surface area contributed by atoms with Gasteiger partial charge in [0.15, 0.2) is 0 Å². The molecule has 0 N–H and O–H groups in total. The van der Waals surface area contributed by atoms with Crippen molar-refractivity contribution in [2.24, 2.45) is 0 Å². The largest absolute Gasteiger partial charge is 0.444 e. The van der Waals surface area contributed by atoms with E-state index in [1.165, 1.54) is 21.3 Å². The first kappa shape index (κ1) is 21.2. The van der Waals surface area contributed by atoms with Gasteiger partial charge in [0.2, 0.25) is 10.0 Å². The maximum Gasteiger partial charge on any atom is 0.414 e. The molecule has 0 atom stereocenters. The molecule has 2 aliphatic heterocycles. The van der Waals surface area contributed by atoms with Crippen LogP contribution >= 0.6 is 11.6 Å². The number of anilines is 1. The zero-order valence-electron chi connectivity index (χ0n) is 17.0. The fourth-order valence-corrected chi connectivity index (χ4v) is 6.18. The van der Waals surface area contributed by atoms with Crippen LogP contribution < -0.4 is 4.90 Å². The lowest BCUT2D eigenvalue weighted by molar-refractivity contribution is 0.135. The van der Waals surface area contributed by atoms with Gasteiger partial charge in [-0.2, -0.15) is 4.31 Å². The molecule has 0 saturated carbocycles. The number of benzene rings is 3. The van der Waals surface area contributed by atoms with E-state index in [2.05, 4.69) is 0 Å². The number of cyclic esters (lactones) is 1. The Balaban J connectivity index is 1.36. The molecule has 1 fully saturated rings. The number of carbonyl (C=O) groups is 1. The van der Waals surface area contributed by atoms with Gasteiger partial charge in [0.1, 0.15) is 12.4 Å². The summed E-state index contributed by atoms with van der Waals surface area (Å²) >= 11 is 6.20. The molecule has 0 aliphatic carbocycles. The van der Waals surface area contributed by atoms with Crippen LogP contribution in [-0.2, 0) is 21.4 Å². The van der Waals surface area contributed by atoms with Gasteiger partial charge >= 0.3 is 6.09 Å². The van der Waals surface area contributed by atoms with Crippen molar-refractivity contribution in [1.82, 2.24) is 4.31 Å². The third kappa shape index (κ3) is 3.62. The molecule has 166 valence electrons. The lowest BCUT2D eigenvalue weighted by Crippen LogP contribution is -2.50. The van der Waals surface area contributed by atoms with Crippen LogP contribution in [0, 0.1) is 5.82 Å². The first-order valence-electron chi connectivity index (χ1n) is 10.3. The molecule has 1 amide bonds. The van der Waals surface area contributed by atoms with Crippen molar-refractivity contribution >= 4 is 44.2 Å². The Bertz CT molecular complexity index is 1320. The summed E-state index contributed by atoms with van der Waals surface area (Å²) in [4.78, 5) is 14.2. The highest BCUT2D eigenvalue weighted by atomic mass is 35.5. The van der Waals surface area contributed by atoms with Crippen LogP contribution in [0.5, 0.6) is 0 Å². The Labute approximate surface area is 190 Å². The fraction of sp³-hybridized carbons (Fsp3) is 0.261. The average molecular weight is 475 g/mol. The lowest BCUT2D eigenvalue weighted by Gasteiger charge is -2.39. The molecule has 1 saturated heterocycles. The number of nitrogens with zero attached hydrogens (tertiary/aromatic N) is 2. The molecular weight excluding hydrogens is 455 g/mol. The van der Waals surface area contributed by atoms with Crippen molar-refractivity contribution in [1.29, 1.82) is 0 Å². The van der Waals surface area contributed by atoms with Gasteiger partial charge in [-0.15, -0.1) is 0 Å². The van der Waals surface area contributed by atoms with Crippen LogP contribution in [0.2, 0.25) is 5.02 Å². The van der Waals surface area contributed by atoms with Crippen molar-refractivity contribution in [3.05, 3.63) is 71.0 Å². The van der Waals surface area contributed by atoms with Crippen molar-refractivity contribution in [2.75, 3.05) is 18.0 Å². The van der Waals surface area contributed by atoms with Crippen LogP contribution in [0.4, 0.5) is 14.9 Å². The minimum absolute atomic E-state index is 0.0294. The van der Waals surface area contributed by atoms with Gasteiger partial charge in [-0.25, -0.2) is 17.6 Å². The summed E-state index contributed by atoms with van der Waals surface area (Å²) in [6.45, 7) is 0.559. The van der Waals surface area contributed by atoms with Gasteiger partial charge in [-0.1, -0.05) is 29.8 Å². The van der Waals surface area contributed by atoms with E-state index in [1.54, 1.807) is 36.4 Å². The van der Waals surface area contributed by atoms with Crippen molar-refractivity contribution in [3.63, 3.8) is 0 Å². The molecule has 0 spiro atoms. The molecule has 6 nitrogen and oxygen atoms in total. The molecule has 2 heterocycles. The highest BCUT2D eigenvalue weighted by Crippen LogP contribution is 2.34. The van der Waals surface area contributed by atoms with Crippen molar-refractivity contribution < 1.29 is 22.3 Å². The molecule has 3 aromatic rings. The Morgan fingerprint density at radius 1 is 1.03 bits per heavy atom. The monoisotopic (exact) mass is 474 g/mol. The first-order valence-corrected chi connectivity index (χ1v) is 12.1. The molecule has 3 aromatic carbocycles. The van der Waals surface area contributed by atoms with E-state index in [0.717, 1.165) is 10.8 Å². The number of halogens is 2. The third-order valence-corrected chi connectivity index (χ3v) is 8.30. The zero-order valence-corrected chi connectivity index (χ0v) is 18.6. The number of ether oxygens (including phenoxy) is 1. The molecule has 0 unspecified atom stereocenters. The number of sulfonamides is 1. The predicted octanol–water partition coefficient (Wildman–Crippen LogP) is 4.94. The second-order valence-electron chi connectivity index (χ2n) is 7.96. The summed E-state index contributed by atoms with van der Waals surface area (Å²) in [5.74, 6) is -0.390. The van der Waals surface area contributed by atoms with E-state index in [1.807, 2.05) is 6.07 Å². The fourth-order valence-electron chi connectivity index (χ4n) is 4.43. The number of hydrogen-bond donors (Lipinski definition) is 0. The van der Waals surface area contributed by atoms with E-state index in [0.29, 0.717) is 29.1 Å². The minimum Gasteiger partial charge on any atom is -0.444 e. The lowest BCUT2D eigenvalue weighted by atomic mass is 10.0. The molecule has 2 aliphatic rings. The van der Waals surface area contributed by atoms with Gasteiger partial charge < -0.3 is 4.74 Å².